The van der Waals surface area contributed by atoms with Gasteiger partial charge in [0.2, 0.25) is 0 Å². The van der Waals surface area contributed by atoms with Crippen LogP contribution in [0, 0.1) is 12.8 Å². The van der Waals surface area contributed by atoms with Crippen molar-refractivity contribution in [2.24, 2.45) is 13.0 Å². The second-order valence-electron chi connectivity index (χ2n) is 7.18. The van der Waals surface area contributed by atoms with Gasteiger partial charge in [-0.3, -0.25) is 9.48 Å². The van der Waals surface area contributed by atoms with Crippen molar-refractivity contribution in [3.8, 4) is 0 Å². The highest BCUT2D eigenvalue weighted by molar-refractivity contribution is 6.04. The first-order chi connectivity index (χ1) is 13.6. The van der Waals surface area contributed by atoms with Crippen LogP contribution < -0.4 is 10.2 Å². The predicted molar refractivity (Wildman–Crippen MR) is 104 cm³/mol. The summed E-state index contributed by atoms with van der Waals surface area (Å²) in [5, 5.41) is 21.0. The van der Waals surface area contributed by atoms with Crippen molar-refractivity contribution in [2.45, 2.75) is 6.92 Å². The molecule has 0 saturated carbocycles. The molecule has 0 spiro atoms. The van der Waals surface area contributed by atoms with Crippen LogP contribution in [0.2, 0.25) is 0 Å². The summed E-state index contributed by atoms with van der Waals surface area (Å²) in [6.07, 6.45) is 0. The van der Waals surface area contributed by atoms with E-state index in [4.69, 9.17) is 0 Å². The van der Waals surface area contributed by atoms with E-state index in [1.54, 1.807) is 9.20 Å². The number of amides is 1. The van der Waals surface area contributed by atoms with E-state index in [2.05, 4.69) is 30.6 Å². The van der Waals surface area contributed by atoms with Gasteiger partial charge in [-0.15, -0.1) is 15.3 Å². The number of rotatable bonds is 4. The quantitative estimate of drug-likeness (QED) is 0.575. The Morgan fingerprint density at radius 1 is 1.14 bits per heavy atom. The molecule has 142 valence electrons. The molecule has 0 unspecified atom stereocenters. The van der Waals surface area contributed by atoms with Crippen molar-refractivity contribution in [1.82, 2.24) is 34.9 Å². The number of hydrogen-bond acceptors (Lipinski definition) is 6. The minimum atomic E-state index is -0.130. The molecule has 1 saturated heterocycles. The second kappa shape index (κ2) is 6.29. The van der Waals surface area contributed by atoms with Gasteiger partial charge in [-0.25, -0.2) is 0 Å². The molecule has 1 aliphatic rings. The van der Waals surface area contributed by atoms with Gasteiger partial charge in [0.05, 0.1) is 5.52 Å². The van der Waals surface area contributed by atoms with Crippen molar-refractivity contribution >= 4 is 28.3 Å². The van der Waals surface area contributed by atoms with Gasteiger partial charge < -0.3 is 10.2 Å². The highest BCUT2D eigenvalue weighted by Gasteiger charge is 2.29. The Balaban J connectivity index is 1.21. The average Bonchev–Trinajstić information content (AvgIpc) is 3.21. The van der Waals surface area contributed by atoms with E-state index in [1.165, 1.54) is 0 Å². The van der Waals surface area contributed by atoms with Crippen LogP contribution in [0.15, 0.2) is 36.4 Å². The summed E-state index contributed by atoms with van der Waals surface area (Å²) in [5.41, 5.74) is 2.17. The van der Waals surface area contributed by atoms with Crippen LogP contribution in [0.25, 0.3) is 16.6 Å². The Kier molecular flexibility index (Phi) is 3.75. The smallest absolute Gasteiger partial charge is 0.272 e. The Labute approximate surface area is 161 Å². The van der Waals surface area contributed by atoms with E-state index in [0.29, 0.717) is 18.2 Å². The SMILES string of the molecule is Cc1nnc2ccc(N3CC(CNC(=O)c4nn(C)c5ccccc45)C3)nn12. The van der Waals surface area contributed by atoms with Crippen LogP contribution >= 0.6 is 0 Å². The van der Waals surface area contributed by atoms with E-state index in [-0.39, 0.29) is 5.91 Å². The maximum atomic E-state index is 12.6. The van der Waals surface area contributed by atoms with Crippen LogP contribution in [-0.2, 0) is 7.05 Å². The molecule has 1 N–H and O–H groups in total. The lowest BCUT2D eigenvalue weighted by Gasteiger charge is -2.40. The zero-order valence-electron chi connectivity index (χ0n) is 15.7. The summed E-state index contributed by atoms with van der Waals surface area (Å²) in [6, 6.07) is 11.6. The number of carbonyl (C=O) groups is 1. The van der Waals surface area contributed by atoms with Crippen LogP contribution in [0.4, 0.5) is 5.82 Å². The molecule has 4 heterocycles. The molecule has 1 aliphatic heterocycles. The Hall–Kier alpha value is -3.49. The van der Waals surface area contributed by atoms with Crippen molar-refractivity contribution < 1.29 is 4.79 Å². The van der Waals surface area contributed by atoms with Gasteiger partial charge in [0, 0.05) is 38.0 Å². The number of aromatic nitrogens is 6. The molecule has 9 nitrogen and oxygen atoms in total. The van der Waals surface area contributed by atoms with Crippen molar-refractivity contribution in [1.29, 1.82) is 0 Å². The van der Waals surface area contributed by atoms with E-state index in [0.717, 1.165) is 41.3 Å². The highest BCUT2D eigenvalue weighted by Crippen LogP contribution is 2.23. The number of aryl methyl sites for hydroxylation is 2. The topological polar surface area (TPSA) is 93.2 Å². The van der Waals surface area contributed by atoms with Gasteiger partial charge in [0.1, 0.15) is 5.82 Å². The first-order valence-electron chi connectivity index (χ1n) is 9.24. The summed E-state index contributed by atoms with van der Waals surface area (Å²) >= 11 is 0. The Morgan fingerprint density at radius 2 is 1.96 bits per heavy atom. The van der Waals surface area contributed by atoms with Gasteiger partial charge >= 0.3 is 0 Å². The lowest BCUT2D eigenvalue weighted by Crippen LogP contribution is -2.52. The standard InChI is InChI=1S/C19H20N8O/c1-12-21-22-16-7-8-17(23-27(12)16)26-10-13(11-26)9-20-19(28)18-14-5-3-4-6-15(14)25(2)24-18/h3-8,13H,9-11H2,1-2H3,(H,20,28). The van der Waals surface area contributed by atoms with Gasteiger partial charge in [0.15, 0.2) is 17.2 Å². The molecule has 1 fully saturated rings. The molecule has 3 aromatic heterocycles. The van der Waals surface area contributed by atoms with Crippen LogP contribution in [0.3, 0.4) is 0 Å². The third-order valence-corrected chi connectivity index (χ3v) is 5.21. The van der Waals surface area contributed by atoms with E-state index in [9.17, 15) is 4.79 Å². The Morgan fingerprint density at radius 3 is 2.82 bits per heavy atom. The van der Waals surface area contributed by atoms with Gasteiger partial charge in [-0.2, -0.15) is 9.61 Å². The van der Waals surface area contributed by atoms with Gasteiger partial charge in [-0.05, 0) is 25.1 Å². The Bertz CT molecular complexity index is 1190. The number of anilines is 1. The largest absolute Gasteiger partial charge is 0.354 e. The maximum absolute atomic E-state index is 12.6. The lowest BCUT2D eigenvalue weighted by molar-refractivity contribution is 0.0940. The number of fused-ring (bicyclic) bond motifs is 2. The van der Waals surface area contributed by atoms with E-state index < -0.39 is 0 Å². The maximum Gasteiger partial charge on any atom is 0.272 e. The normalized spacial score (nSPS) is 14.6. The summed E-state index contributed by atoms with van der Waals surface area (Å²) in [7, 11) is 1.85. The number of nitrogens with zero attached hydrogens (tertiary/aromatic N) is 7. The van der Waals surface area contributed by atoms with Crippen LogP contribution in [0.5, 0.6) is 0 Å². The molecule has 4 aromatic rings. The number of benzene rings is 1. The summed E-state index contributed by atoms with van der Waals surface area (Å²) < 4.78 is 3.49. The summed E-state index contributed by atoms with van der Waals surface area (Å²) in [4.78, 5) is 14.8. The summed E-state index contributed by atoms with van der Waals surface area (Å²) in [6.45, 7) is 4.20. The lowest BCUT2D eigenvalue weighted by atomic mass is 10.00. The minimum absolute atomic E-state index is 0.130. The van der Waals surface area contributed by atoms with Crippen molar-refractivity contribution in [2.75, 3.05) is 24.5 Å². The monoisotopic (exact) mass is 376 g/mol. The predicted octanol–water partition coefficient (Wildman–Crippen LogP) is 1.19. The first kappa shape index (κ1) is 16.7. The van der Waals surface area contributed by atoms with E-state index in [1.807, 2.05) is 50.4 Å². The highest BCUT2D eigenvalue weighted by atomic mass is 16.1. The number of para-hydroxylation sites is 1. The fraction of sp³-hybridized carbons (Fsp3) is 0.316. The average molecular weight is 376 g/mol. The molecule has 1 amide bonds. The molecule has 5 rings (SSSR count). The second-order valence-corrected chi connectivity index (χ2v) is 7.18. The van der Waals surface area contributed by atoms with Gasteiger partial charge in [-0.1, -0.05) is 18.2 Å². The molecule has 28 heavy (non-hydrogen) atoms. The third-order valence-electron chi connectivity index (χ3n) is 5.21. The van der Waals surface area contributed by atoms with Crippen LogP contribution in [0.1, 0.15) is 16.3 Å². The van der Waals surface area contributed by atoms with E-state index >= 15 is 0 Å². The molecule has 0 bridgehead atoms. The molecule has 9 heteroatoms. The molecular formula is C19H20N8O. The molecule has 0 radical (unpaired) electrons. The van der Waals surface area contributed by atoms with Gasteiger partial charge in [0.25, 0.3) is 5.91 Å². The number of nitrogens with one attached hydrogen (secondary N) is 1. The number of carbonyl (C=O) groups excluding carboxylic acids is 1. The molecule has 0 aliphatic carbocycles. The molecular weight excluding hydrogens is 356 g/mol. The fourth-order valence-corrected chi connectivity index (χ4v) is 3.64. The van der Waals surface area contributed by atoms with Crippen molar-refractivity contribution in [3.05, 3.63) is 47.9 Å². The fourth-order valence-electron chi connectivity index (χ4n) is 3.64. The van der Waals surface area contributed by atoms with Crippen molar-refractivity contribution in [3.63, 3.8) is 0 Å². The first-order valence-corrected chi connectivity index (χ1v) is 9.24. The summed E-state index contributed by atoms with van der Waals surface area (Å²) in [5.74, 6) is 1.92. The minimum Gasteiger partial charge on any atom is -0.354 e. The molecule has 0 atom stereocenters. The third kappa shape index (κ3) is 2.67. The zero-order valence-corrected chi connectivity index (χ0v) is 15.7. The molecule has 1 aromatic carbocycles. The zero-order chi connectivity index (χ0) is 19.3. The van der Waals surface area contributed by atoms with Crippen LogP contribution in [-0.4, -0.2) is 55.1 Å². The number of hydrogen-bond donors (Lipinski definition) is 1.